The minimum Gasteiger partial charge on any atom is -0.504 e. The van der Waals surface area contributed by atoms with Crippen LogP contribution in [0.2, 0.25) is 0 Å². The number of guanidine groups is 1. The molecular formula is C21H29FIN3O2. The van der Waals surface area contributed by atoms with E-state index in [1.807, 2.05) is 19.1 Å². The Morgan fingerprint density at radius 3 is 2.54 bits per heavy atom. The number of nitrogens with one attached hydrogen (secondary N) is 2. The van der Waals surface area contributed by atoms with Gasteiger partial charge in [0.25, 0.3) is 0 Å². The summed E-state index contributed by atoms with van der Waals surface area (Å²) >= 11 is 0. The second kappa shape index (κ2) is 11.1. The maximum Gasteiger partial charge on any atom is 0.191 e. The first kappa shape index (κ1) is 24.0. The SMILES string of the molecule is CCNC(=NCc1ccc(OC)c(O)c1)NCC(C)(C)c1cccc(F)c1.I. The van der Waals surface area contributed by atoms with E-state index in [-0.39, 0.29) is 41.0 Å². The van der Waals surface area contributed by atoms with Crippen LogP contribution in [-0.2, 0) is 12.0 Å². The Kier molecular flexibility index (Phi) is 9.51. The number of rotatable bonds is 7. The van der Waals surface area contributed by atoms with Gasteiger partial charge in [0, 0.05) is 18.5 Å². The van der Waals surface area contributed by atoms with Crippen LogP contribution in [0, 0.1) is 5.82 Å². The van der Waals surface area contributed by atoms with E-state index in [9.17, 15) is 9.50 Å². The van der Waals surface area contributed by atoms with Crippen molar-refractivity contribution in [2.45, 2.75) is 32.7 Å². The van der Waals surface area contributed by atoms with Crippen LogP contribution in [0.25, 0.3) is 0 Å². The van der Waals surface area contributed by atoms with Gasteiger partial charge < -0.3 is 20.5 Å². The summed E-state index contributed by atoms with van der Waals surface area (Å²) in [5.41, 5.74) is 1.53. The van der Waals surface area contributed by atoms with E-state index in [1.54, 1.807) is 24.3 Å². The second-order valence-corrected chi connectivity index (χ2v) is 6.95. The van der Waals surface area contributed by atoms with Crippen molar-refractivity contribution in [3.05, 3.63) is 59.4 Å². The summed E-state index contributed by atoms with van der Waals surface area (Å²) < 4.78 is 18.6. The first-order chi connectivity index (χ1) is 12.9. The highest BCUT2D eigenvalue weighted by Crippen LogP contribution is 2.26. The van der Waals surface area contributed by atoms with Gasteiger partial charge in [-0.15, -0.1) is 24.0 Å². The molecule has 28 heavy (non-hydrogen) atoms. The Bertz CT molecular complexity index is 797. The molecule has 0 spiro atoms. The average Bonchev–Trinajstić information content (AvgIpc) is 2.64. The Morgan fingerprint density at radius 2 is 1.93 bits per heavy atom. The zero-order chi connectivity index (χ0) is 19.9. The predicted molar refractivity (Wildman–Crippen MR) is 122 cm³/mol. The fourth-order valence-corrected chi connectivity index (χ4v) is 2.66. The van der Waals surface area contributed by atoms with Gasteiger partial charge in [0.15, 0.2) is 17.5 Å². The van der Waals surface area contributed by atoms with Crippen LogP contribution in [0.1, 0.15) is 31.9 Å². The highest BCUT2D eigenvalue weighted by molar-refractivity contribution is 14.0. The molecule has 0 fully saturated rings. The summed E-state index contributed by atoms with van der Waals surface area (Å²) in [7, 11) is 1.51. The Balaban J connectivity index is 0.00000392. The molecule has 0 aliphatic heterocycles. The van der Waals surface area contributed by atoms with E-state index in [2.05, 4.69) is 29.5 Å². The molecule has 2 rings (SSSR count). The van der Waals surface area contributed by atoms with Crippen LogP contribution in [-0.4, -0.2) is 31.3 Å². The van der Waals surface area contributed by atoms with Crippen molar-refractivity contribution < 1.29 is 14.2 Å². The monoisotopic (exact) mass is 501 g/mol. The fraction of sp³-hybridized carbons (Fsp3) is 0.381. The Morgan fingerprint density at radius 1 is 1.18 bits per heavy atom. The topological polar surface area (TPSA) is 65.9 Å². The van der Waals surface area contributed by atoms with Gasteiger partial charge >= 0.3 is 0 Å². The molecule has 0 aliphatic rings. The molecule has 0 heterocycles. The normalized spacial score (nSPS) is 11.5. The number of aromatic hydroxyl groups is 1. The van der Waals surface area contributed by atoms with E-state index < -0.39 is 0 Å². The summed E-state index contributed by atoms with van der Waals surface area (Å²) in [5.74, 6) is 0.956. The Hall–Kier alpha value is -2.03. The maximum atomic E-state index is 13.5. The number of nitrogens with zero attached hydrogens (tertiary/aromatic N) is 1. The van der Waals surface area contributed by atoms with Gasteiger partial charge in [0.1, 0.15) is 5.82 Å². The molecule has 0 unspecified atom stereocenters. The molecule has 3 N–H and O–H groups in total. The summed E-state index contributed by atoms with van der Waals surface area (Å²) in [4.78, 5) is 4.56. The van der Waals surface area contributed by atoms with E-state index in [1.165, 1.54) is 13.2 Å². The molecule has 0 radical (unpaired) electrons. The molecule has 0 aliphatic carbocycles. The third-order valence-electron chi connectivity index (χ3n) is 4.31. The Labute approximate surface area is 183 Å². The van der Waals surface area contributed by atoms with Gasteiger partial charge in [-0.1, -0.05) is 32.0 Å². The third-order valence-corrected chi connectivity index (χ3v) is 4.31. The second-order valence-electron chi connectivity index (χ2n) is 6.95. The van der Waals surface area contributed by atoms with Crippen LogP contribution < -0.4 is 15.4 Å². The highest BCUT2D eigenvalue weighted by Gasteiger charge is 2.21. The zero-order valence-electron chi connectivity index (χ0n) is 16.8. The third kappa shape index (κ3) is 6.85. The lowest BCUT2D eigenvalue weighted by atomic mass is 9.84. The number of hydrogen-bond acceptors (Lipinski definition) is 3. The number of halogens is 2. The van der Waals surface area contributed by atoms with E-state index in [4.69, 9.17) is 4.74 Å². The van der Waals surface area contributed by atoms with Crippen molar-refractivity contribution in [1.29, 1.82) is 0 Å². The van der Waals surface area contributed by atoms with Gasteiger partial charge in [-0.05, 0) is 42.3 Å². The maximum absolute atomic E-state index is 13.5. The fourth-order valence-electron chi connectivity index (χ4n) is 2.66. The van der Waals surface area contributed by atoms with Crippen molar-refractivity contribution in [2.24, 2.45) is 4.99 Å². The standard InChI is InChI=1S/C21H28FN3O2.HI/c1-5-23-20(24-13-15-9-10-19(27-4)18(26)11-15)25-14-21(2,3)16-7-6-8-17(22)12-16;/h6-12,26H,5,13-14H2,1-4H3,(H2,23,24,25);1H. The van der Waals surface area contributed by atoms with Crippen molar-refractivity contribution in [1.82, 2.24) is 10.6 Å². The largest absolute Gasteiger partial charge is 0.504 e. The van der Waals surface area contributed by atoms with Crippen molar-refractivity contribution >= 4 is 29.9 Å². The molecule has 5 nitrogen and oxygen atoms in total. The van der Waals surface area contributed by atoms with Crippen LogP contribution in [0.5, 0.6) is 11.5 Å². The van der Waals surface area contributed by atoms with Crippen molar-refractivity contribution in [3.8, 4) is 11.5 Å². The van der Waals surface area contributed by atoms with Crippen LogP contribution >= 0.6 is 24.0 Å². The summed E-state index contributed by atoms with van der Waals surface area (Å²) in [6.07, 6.45) is 0. The van der Waals surface area contributed by atoms with E-state index >= 15 is 0 Å². The lowest BCUT2D eigenvalue weighted by Gasteiger charge is -2.27. The summed E-state index contributed by atoms with van der Waals surface area (Å²) in [6, 6.07) is 11.9. The van der Waals surface area contributed by atoms with E-state index in [0.29, 0.717) is 24.8 Å². The van der Waals surface area contributed by atoms with Crippen molar-refractivity contribution in [3.63, 3.8) is 0 Å². The van der Waals surface area contributed by atoms with Gasteiger partial charge in [0.05, 0.1) is 13.7 Å². The molecule has 154 valence electrons. The molecule has 0 saturated carbocycles. The lowest BCUT2D eigenvalue weighted by molar-refractivity contribution is 0.373. The highest BCUT2D eigenvalue weighted by atomic mass is 127. The van der Waals surface area contributed by atoms with Gasteiger partial charge in [-0.2, -0.15) is 0 Å². The molecule has 0 aromatic heterocycles. The van der Waals surface area contributed by atoms with Gasteiger partial charge in [-0.25, -0.2) is 9.38 Å². The van der Waals surface area contributed by atoms with Crippen LogP contribution in [0.3, 0.4) is 0 Å². The summed E-state index contributed by atoms with van der Waals surface area (Å²) in [6.45, 7) is 7.83. The number of methoxy groups -OCH3 is 1. The number of aliphatic imine (C=N–C) groups is 1. The number of benzene rings is 2. The predicted octanol–water partition coefficient (Wildman–Crippen LogP) is 4.19. The smallest absolute Gasteiger partial charge is 0.191 e. The number of phenolic OH excluding ortho intramolecular Hbond substituents is 1. The van der Waals surface area contributed by atoms with Crippen LogP contribution in [0.15, 0.2) is 47.5 Å². The first-order valence-corrected chi connectivity index (χ1v) is 9.00. The van der Waals surface area contributed by atoms with Crippen LogP contribution in [0.4, 0.5) is 4.39 Å². The molecule has 0 atom stereocenters. The average molecular weight is 501 g/mol. The lowest BCUT2D eigenvalue weighted by Crippen LogP contribution is -2.43. The zero-order valence-corrected chi connectivity index (χ0v) is 19.1. The molecule has 2 aromatic rings. The van der Waals surface area contributed by atoms with Gasteiger partial charge in [0.2, 0.25) is 0 Å². The van der Waals surface area contributed by atoms with Gasteiger partial charge in [-0.3, -0.25) is 0 Å². The van der Waals surface area contributed by atoms with E-state index in [0.717, 1.165) is 17.7 Å². The number of hydrogen-bond donors (Lipinski definition) is 3. The van der Waals surface area contributed by atoms with Crippen molar-refractivity contribution in [2.75, 3.05) is 20.2 Å². The number of phenols is 1. The molecule has 7 heteroatoms. The molecule has 0 saturated heterocycles. The molecule has 0 bridgehead atoms. The minimum absolute atomic E-state index is 0. The number of ether oxygens (including phenoxy) is 1. The first-order valence-electron chi connectivity index (χ1n) is 9.00. The molecule has 2 aromatic carbocycles. The minimum atomic E-state index is -0.267. The summed E-state index contributed by atoms with van der Waals surface area (Å²) in [5, 5.41) is 16.4. The quantitative estimate of drug-likeness (QED) is 0.303. The molecule has 0 amide bonds. The molecular weight excluding hydrogens is 472 g/mol.